The van der Waals surface area contributed by atoms with Crippen molar-refractivity contribution in [1.29, 1.82) is 0 Å². The highest BCUT2D eigenvalue weighted by atomic mass is 16.5. The molecule has 0 N–H and O–H groups in total. The molecule has 0 aliphatic carbocycles. The number of fused-ring (bicyclic) bond motifs is 1. The smallest absolute Gasteiger partial charge is 0.225 e. The van der Waals surface area contributed by atoms with Gasteiger partial charge in [-0.1, -0.05) is 17.7 Å². The molecule has 0 atom stereocenters. The number of aryl methyl sites for hydroxylation is 1. The van der Waals surface area contributed by atoms with Crippen molar-refractivity contribution in [1.82, 2.24) is 19.5 Å². The minimum absolute atomic E-state index is 0.722. The fourth-order valence-corrected chi connectivity index (χ4v) is 3.61. The minimum atomic E-state index is 0.722. The average molecular weight is 371 g/mol. The van der Waals surface area contributed by atoms with Crippen LogP contribution in [0.4, 0.5) is 5.95 Å². The molecule has 6 nitrogen and oxygen atoms in total. The van der Waals surface area contributed by atoms with E-state index in [4.69, 9.17) is 4.74 Å². The molecule has 1 aliphatic rings. The van der Waals surface area contributed by atoms with Crippen LogP contribution in [-0.4, -0.2) is 45.8 Å². The summed E-state index contributed by atoms with van der Waals surface area (Å²) in [5.74, 6) is 0.756. The minimum Gasteiger partial charge on any atom is -0.378 e. The summed E-state index contributed by atoms with van der Waals surface area (Å²) in [7, 11) is 0. The summed E-state index contributed by atoms with van der Waals surface area (Å²) in [5.41, 5.74) is 5.44. The van der Waals surface area contributed by atoms with Crippen molar-refractivity contribution in [2.45, 2.75) is 6.92 Å². The molecule has 0 radical (unpaired) electrons. The third kappa shape index (κ3) is 3.01. The maximum atomic E-state index is 5.41. The first-order chi connectivity index (χ1) is 13.8. The number of aromatic nitrogens is 4. The Balaban J connectivity index is 1.60. The van der Waals surface area contributed by atoms with Crippen molar-refractivity contribution in [2.75, 3.05) is 31.2 Å². The zero-order valence-corrected chi connectivity index (χ0v) is 15.7. The average Bonchev–Trinajstić information content (AvgIpc) is 3.15. The highest BCUT2D eigenvalue weighted by Crippen LogP contribution is 2.31. The number of pyridine rings is 1. The fourth-order valence-electron chi connectivity index (χ4n) is 3.61. The van der Waals surface area contributed by atoms with E-state index in [9.17, 15) is 0 Å². The summed E-state index contributed by atoms with van der Waals surface area (Å²) >= 11 is 0. The zero-order chi connectivity index (χ0) is 18.9. The lowest BCUT2D eigenvalue weighted by molar-refractivity contribution is 0.122. The Morgan fingerprint density at radius 1 is 0.929 bits per heavy atom. The summed E-state index contributed by atoms with van der Waals surface area (Å²) in [4.78, 5) is 15.7. The number of morpholine rings is 1. The Morgan fingerprint density at radius 3 is 2.43 bits per heavy atom. The summed E-state index contributed by atoms with van der Waals surface area (Å²) in [5, 5.41) is 1.14. The molecule has 0 bridgehead atoms. The van der Waals surface area contributed by atoms with Crippen LogP contribution in [0.15, 0.2) is 61.2 Å². The highest BCUT2D eigenvalue weighted by Gasteiger charge is 2.16. The Hall–Kier alpha value is -3.25. The van der Waals surface area contributed by atoms with Crippen LogP contribution in [0.2, 0.25) is 0 Å². The van der Waals surface area contributed by atoms with Gasteiger partial charge in [-0.3, -0.25) is 4.98 Å². The van der Waals surface area contributed by atoms with Gasteiger partial charge >= 0.3 is 0 Å². The first kappa shape index (κ1) is 16.9. The molecule has 5 rings (SSSR count). The van der Waals surface area contributed by atoms with Crippen molar-refractivity contribution in [2.24, 2.45) is 0 Å². The van der Waals surface area contributed by atoms with E-state index in [1.54, 1.807) is 0 Å². The number of rotatable bonds is 3. The largest absolute Gasteiger partial charge is 0.378 e. The molecule has 0 amide bonds. The molecule has 4 heterocycles. The third-order valence-corrected chi connectivity index (χ3v) is 5.13. The highest BCUT2D eigenvalue weighted by molar-refractivity contribution is 5.88. The SMILES string of the molecule is Cc1ccc(-n2c(-c3cnc(N4CCOCC4)nc3)cc3ccncc32)cc1. The van der Waals surface area contributed by atoms with Gasteiger partial charge in [0.15, 0.2) is 0 Å². The molecule has 28 heavy (non-hydrogen) atoms. The van der Waals surface area contributed by atoms with Crippen LogP contribution in [-0.2, 0) is 4.74 Å². The monoisotopic (exact) mass is 371 g/mol. The second-order valence-corrected chi connectivity index (χ2v) is 7.01. The summed E-state index contributed by atoms with van der Waals surface area (Å²) in [6.07, 6.45) is 7.54. The molecule has 0 saturated carbocycles. The van der Waals surface area contributed by atoms with Crippen molar-refractivity contribution in [3.63, 3.8) is 0 Å². The first-order valence-corrected chi connectivity index (χ1v) is 9.47. The van der Waals surface area contributed by atoms with Gasteiger partial charge in [0.05, 0.1) is 30.6 Å². The fraction of sp³-hybridized carbons (Fsp3) is 0.227. The van der Waals surface area contributed by atoms with Crippen molar-refractivity contribution < 1.29 is 4.74 Å². The predicted octanol–water partition coefficient (Wildman–Crippen LogP) is 3.63. The molecule has 1 aromatic carbocycles. The van der Waals surface area contributed by atoms with Gasteiger partial charge in [0, 0.05) is 48.3 Å². The Kier molecular flexibility index (Phi) is 4.25. The predicted molar refractivity (Wildman–Crippen MR) is 110 cm³/mol. The maximum Gasteiger partial charge on any atom is 0.225 e. The van der Waals surface area contributed by atoms with Crippen molar-refractivity contribution >= 4 is 16.9 Å². The van der Waals surface area contributed by atoms with Gasteiger partial charge in [-0.05, 0) is 31.2 Å². The second kappa shape index (κ2) is 7.05. The van der Waals surface area contributed by atoms with E-state index in [1.165, 1.54) is 5.56 Å². The Labute approximate surface area is 163 Å². The lowest BCUT2D eigenvalue weighted by atomic mass is 10.2. The number of hydrogen-bond donors (Lipinski definition) is 0. The molecule has 1 aliphatic heterocycles. The Morgan fingerprint density at radius 2 is 1.68 bits per heavy atom. The van der Waals surface area contributed by atoms with Crippen LogP contribution in [0, 0.1) is 6.92 Å². The van der Waals surface area contributed by atoms with Crippen molar-refractivity contribution in [3.8, 4) is 16.9 Å². The van der Waals surface area contributed by atoms with Crippen LogP contribution < -0.4 is 4.90 Å². The summed E-state index contributed by atoms with van der Waals surface area (Å²) < 4.78 is 7.63. The molecule has 1 fully saturated rings. The second-order valence-electron chi connectivity index (χ2n) is 7.01. The van der Waals surface area contributed by atoms with E-state index < -0.39 is 0 Å². The normalized spacial score (nSPS) is 14.5. The number of benzene rings is 1. The van der Waals surface area contributed by atoms with E-state index in [-0.39, 0.29) is 0 Å². The maximum absolute atomic E-state index is 5.41. The number of anilines is 1. The van der Waals surface area contributed by atoms with E-state index >= 15 is 0 Å². The molecule has 0 unspecified atom stereocenters. The van der Waals surface area contributed by atoms with E-state index in [0.29, 0.717) is 0 Å². The molecule has 3 aromatic heterocycles. The standard InChI is InChI=1S/C22H21N5O/c1-16-2-4-19(5-3-16)27-20(12-17-6-7-23-15-21(17)27)18-13-24-22(25-14-18)26-8-10-28-11-9-26/h2-7,12-15H,8-11H2,1H3. The van der Waals surface area contributed by atoms with Gasteiger partial charge in [-0.2, -0.15) is 0 Å². The molecular formula is C22H21N5O. The van der Waals surface area contributed by atoms with Gasteiger partial charge < -0.3 is 14.2 Å². The lowest BCUT2D eigenvalue weighted by Crippen LogP contribution is -2.37. The van der Waals surface area contributed by atoms with Gasteiger partial charge in [-0.15, -0.1) is 0 Å². The zero-order valence-electron chi connectivity index (χ0n) is 15.7. The van der Waals surface area contributed by atoms with E-state index in [2.05, 4.69) is 61.7 Å². The molecule has 0 spiro atoms. The third-order valence-electron chi connectivity index (χ3n) is 5.13. The number of ether oxygens (including phenoxy) is 1. The van der Waals surface area contributed by atoms with Gasteiger partial charge in [-0.25, -0.2) is 9.97 Å². The molecule has 6 heteroatoms. The van der Waals surface area contributed by atoms with Gasteiger partial charge in [0.1, 0.15) is 0 Å². The molecule has 140 valence electrons. The van der Waals surface area contributed by atoms with Gasteiger partial charge in [0.25, 0.3) is 0 Å². The Bertz CT molecular complexity index is 1100. The van der Waals surface area contributed by atoms with Gasteiger partial charge in [0.2, 0.25) is 5.95 Å². The van der Waals surface area contributed by atoms with E-state index in [0.717, 1.165) is 60.1 Å². The summed E-state index contributed by atoms with van der Waals surface area (Å²) in [6.45, 7) is 5.20. The van der Waals surface area contributed by atoms with E-state index in [1.807, 2.05) is 30.9 Å². The molecular weight excluding hydrogens is 350 g/mol. The summed E-state index contributed by atoms with van der Waals surface area (Å²) in [6, 6.07) is 12.7. The van der Waals surface area contributed by atoms with Crippen LogP contribution in [0.25, 0.3) is 27.8 Å². The van der Waals surface area contributed by atoms with Crippen LogP contribution in [0.1, 0.15) is 5.56 Å². The van der Waals surface area contributed by atoms with Crippen molar-refractivity contribution in [3.05, 3.63) is 66.7 Å². The van der Waals surface area contributed by atoms with Crippen LogP contribution in [0.5, 0.6) is 0 Å². The van der Waals surface area contributed by atoms with Crippen LogP contribution >= 0.6 is 0 Å². The first-order valence-electron chi connectivity index (χ1n) is 9.47. The molecule has 1 saturated heterocycles. The lowest BCUT2D eigenvalue weighted by Gasteiger charge is -2.26. The topological polar surface area (TPSA) is 56.1 Å². The van der Waals surface area contributed by atoms with Crippen LogP contribution in [0.3, 0.4) is 0 Å². The molecule has 4 aromatic rings. The number of nitrogens with zero attached hydrogens (tertiary/aromatic N) is 5. The number of hydrogen-bond acceptors (Lipinski definition) is 5. The quantitative estimate of drug-likeness (QED) is 0.550.